The van der Waals surface area contributed by atoms with Gasteiger partial charge in [0, 0.05) is 17.6 Å². The molecule has 0 radical (unpaired) electrons. The molecule has 0 spiro atoms. The van der Waals surface area contributed by atoms with E-state index in [2.05, 4.69) is 11.9 Å². The molecule has 1 aromatic carbocycles. The third kappa shape index (κ3) is 4.33. The standard InChI is InChI=1S/C15H19ClN2O2S/c1-3-11(17)6-10-7-12(16)15(13(8-10)19-2)20-9-14-18-4-5-21-14/h4-5,7-8,11H,3,6,9,17H2,1-2H3. The van der Waals surface area contributed by atoms with Crippen molar-refractivity contribution >= 4 is 22.9 Å². The minimum atomic E-state index is 0.118. The van der Waals surface area contributed by atoms with E-state index in [0.717, 1.165) is 23.4 Å². The van der Waals surface area contributed by atoms with Crippen molar-refractivity contribution in [2.45, 2.75) is 32.4 Å². The highest BCUT2D eigenvalue weighted by Gasteiger charge is 2.14. The second-order valence-electron chi connectivity index (χ2n) is 4.70. The molecule has 1 atom stereocenters. The lowest BCUT2D eigenvalue weighted by Gasteiger charge is -2.15. The molecule has 1 aromatic heterocycles. The van der Waals surface area contributed by atoms with Gasteiger partial charge >= 0.3 is 0 Å². The number of rotatable bonds is 7. The van der Waals surface area contributed by atoms with E-state index in [1.54, 1.807) is 13.3 Å². The Hall–Kier alpha value is -1.30. The second-order valence-corrected chi connectivity index (χ2v) is 6.08. The molecule has 6 heteroatoms. The molecular weight excluding hydrogens is 308 g/mol. The Kier molecular flexibility index (Phi) is 5.85. The van der Waals surface area contributed by atoms with Crippen LogP contribution in [0, 0.1) is 0 Å². The molecule has 2 aromatic rings. The van der Waals surface area contributed by atoms with Crippen LogP contribution in [0.3, 0.4) is 0 Å². The maximum atomic E-state index is 6.32. The van der Waals surface area contributed by atoms with Crippen molar-refractivity contribution in [2.24, 2.45) is 5.73 Å². The lowest BCUT2D eigenvalue weighted by Crippen LogP contribution is -2.21. The van der Waals surface area contributed by atoms with Gasteiger partial charge in [-0.2, -0.15) is 0 Å². The average Bonchev–Trinajstić information content (AvgIpc) is 2.98. The van der Waals surface area contributed by atoms with E-state index in [4.69, 9.17) is 26.8 Å². The monoisotopic (exact) mass is 326 g/mol. The molecule has 0 fully saturated rings. The first kappa shape index (κ1) is 16.1. The minimum absolute atomic E-state index is 0.118. The number of methoxy groups -OCH3 is 1. The third-order valence-electron chi connectivity index (χ3n) is 3.13. The molecule has 0 saturated carbocycles. The number of nitrogens with two attached hydrogens (primary N) is 1. The van der Waals surface area contributed by atoms with E-state index in [1.165, 1.54) is 11.3 Å². The summed E-state index contributed by atoms with van der Waals surface area (Å²) in [5, 5.41) is 3.33. The van der Waals surface area contributed by atoms with Crippen molar-refractivity contribution in [1.29, 1.82) is 0 Å². The molecular formula is C15H19ClN2O2S. The predicted molar refractivity (Wildman–Crippen MR) is 86.4 cm³/mol. The molecule has 114 valence electrons. The van der Waals surface area contributed by atoms with Crippen LogP contribution in [0.4, 0.5) is 0 Å². The molecule has 21 heavy (non-hydrogen) atoms. The first-order valence-corrected chi connectivity index (χ1v) is 8.03. The Morgan fingerprint density at radius 3 is 2.86 bits per heavy atom. The van der Waals surface area contributed by atoms with Gasteiger partial charge in [0.05, 0.1) is 12.1 Å². The number of hydrogen-bond donors (Lipinski definition) is 1. The molecule has 0 aliphatic heterocycles. The summed E-state index contributed by atoms with van der Waals surface area (Å²) in [6.07, 6.45) is 3.43. The van der Waals surface area contributed by atoms with Crippen LogP contribution in [0.1, 0.15) is 23.9 Å². The highest BCUT2D eigenvalue weighted by Crippen LogP contribution is 2.37. The predicted octanol–water partition coefficient (Wildman–Crippen LogP) is 3.66. The van der Waals surface area contributed by atoms with Gasteiger partial charge in [0.25, 0.3) is 0 Å². The zero-order valence-electron chi connectivity index (χ0n) is 12.1. The Morgan fingerprint density at radius 2 is 2.24 bits per heavy atom. The van der Waals surface area contributed by atoms with Crippen LogP contribution in [0.2, 0.25) is 5.02 Å². The Labute approximate surface area is 133 Å². The van der Waals surface area contributed by atoms with Crippen LogP contribution in [0.5, 0.6) is 11.5 Å². The summed E-state index contributed by atoms with van der Waals surface area (Å²) in [6, 6.07) is 3.93. The zero-order chi connectivity index (χ0) is 15.2. The third-order valence-corrected chi connectivity index (χ3v) is 4.17. The number of nitrogens with zero attached hydrogens (tertiary/aromatic N) is 1. The average molecular weight is 327 g/mol. The summed E-state index contributed by atoms with van der Waals surface area (Å²) in [6.45, 7) is 2.44. The molecule has 0 aliphatic carbocycles. The molecule has 4 nitrogen and oxygen atoms in total. The molecule has 1 heterocycles. The van der Waals surface area contributed by atoms with Crippen LogP contribution in [0.25, 0.3) is 0 Å². The van der Waals surface area contributed by atoms with E-state index >= 15 is 0 Å². The van der Waals surface area contributed by atoms with Crippen LogP contribution in [0.15, 0.2) is 23.7 Å². The zero-order valence-corrected chi connectivity index (χ0v) is 13.7. The number of benzene rings is 1. The smallest absolute Gasteiger partial charge is 0.180 e. The molecule has 1 unspecified atom stereocenters. The topological polar surface area (TPSA) is 57.4 Å². The maximum Gasteiger partial charge on any atom is 0.180 e. The van der Waals surface area contributed by atoms with Gasteiger partial charge in [-0.05, 0) is 30.5 Å². The molecule has 0 saturated heterocycles. The van der Waals surface area contributed by atoms with Crippen molar-refractivity contribution in [3.63, 3.8) is 0 Å². The van der Waals surface area contributed by atoms with Crippen molar-refractivity contribution in [3.8, 4) is 11.5 Å². The SMILES string of the molecule is CCC(N)Cc1cc(Cl)c(OCc2nccs2)c(OC)c1. The normalized spacial score (nSPS) is 12.2. The van der Waals surface area contributed by atoms with E-state index in [1.807, 2.05) is 17.5 Å². The fourth-order valence-electron chi connectivity index (χ4n) is 1.94. The minimum Gasteiger partial charge on any atom is -0.493 e. The van der Waals surface area contributed by atoms with E-state index in [-0.39, 0.29) is 6.04 Å². The van der Waals surface area contributed by atoms with Crippen LogP contribution in [-0.4, -0.2) is 18.1 Å². The van der Waals surface area contributed by atoms with Crippen molar-refractivity contribution in [3.05, 3.63) is 39.3 Å². The summed E-state index contributed by atoms with van der Waals surface area (Å²) in [4.78, 5) is 4.18. The molecule has 2 rings (SSSR count). The Balaban J connectivity index is 2.16. The summed E-state index contributed by atoms with van der Waals surface area (Å²) in [5.41, 5.74) is 7.03. The van der Waals surface area contributed by atoms with E-state index < -0.39 is 0 Å². The van der Waals surface area contributed by atoms with Gasteiger partial charge in [0.2, 0.25) is 0 Å². The van der Waals surface area contributed by atoms with Crippen LogP contribution >= 0.6 is 22.9 Å². The van der Waals surface area contributed by atoms with Gasteiger partial charge in [-0.15, -0.1) is 11.3 Å². The Bertz CT molecular complexity index is 575. The number of aromatic nitrogens is 1. The first-order chi connectivity index (χ1) is 10.1. The summed E-state index contributed by atoms with van der Waals surface area (Å²) >= 11 is 7.86. The van der Waals surface area contributed by atoms with Gasteiger partial charge in [-0.3, -0.25) is 0 Å². The summed E-state index contributed by atoms with van der Waals surface area (Å²) in [5.74, 6) is 1.17. The number of halogens is 1. The number of thiazole rings is 1. The Morgan fingerprint density at radius 1 is 1.43 bits per heavy atom. The highest BCUT2D eigenvalue weighted by atomic mass is 35.5. The largest absolute Gasteiger partial charge is 0.493 e. The van der Waals surface area contributed by atoms with Gasteiger partial charge in [-0.25, -0.2) is 4.98 Å². The van der Waals surface area contributed by atoms with Gasteiger partial charge in [0.1, 0.15) is 11.6 Å². The van der Waals surface area contributed by atoms with Gasteiger partial charge in [0.15, 0.2) is 11.5 Å². The van der Waals surface area contributed by atoms with E-state index in [0.29, 0.717) is 23.1 Å². The molecule has 0 amide bonds. The quantitative estimate of drug-likeness (QED) is 0.843. The molecule has 0 bridgehead atoms. The summed E-state index contributed by atoms with van der Waals surface area (Å²) < 4.78 is 11.1. The van der Waals surface area contributed by atoms with Gasteiger partial charge in [-0.1, -0.05) is 18.5 Å². The van der Waals surface area contributed by atoms with Crippen molar-refractivity contribution in [1.82, 2.24) is 4.98 Å². The maximum absolute atomic E-state index is 6.32. The molecule has 2 N–H and O–H groups in total. The fraction of sp³-hybridized carbons (Fsp3) is 0.400. The second kappa shape index (κ2) is 7.64. The highest BCUT2D eigenvalue weighted by molar-refractivity contribution is 7.09. The van der Waals surface area contributed by atoms with Gasteiger partial charge < -0.3 is 15.2 Å². The number of ether oxygens (including phenoxy) is 2. The molecule has 0 aliphatic rings. The lowest BCUT2D eigenvalue weighted by atomic mass is 10.0. The van der Waals surface area contributed by atoms with E-state index in [9.17, 15) is 0 Å². The number of hydrogen-bond acceptors (Lipinski definition) is 5. The first-order valence-electron chi connectivity index (χ1n) is 6.77. The van der Waals surface area contributed by atoms with Crippen LogP contribution in [-0.2, 0) is 13.0 Å². The summed E-state index contributed by atoms with van der Waals surface area (Å²) in [7, 11) is 1.60. The van der Waals surface area contributed by atoms with Crippen molar-refractivity contribution < 1.29 is 9.47 Å². The lowest BCUT2D eigenvalue weighted by molar-refractivity contribution is 0.284. The van der Waals surface area contributed by atoms with Crippen LogP contribution < -0.4 is 15.2 Å². The fourth-order valence-corrected chi connectivity index (χ4v) is 2.75. The van der Waals surface area contributed by atoms with Crippen molar-refractivity contribution in [2.75, 3.05) is 7.11 Å².